The molecule has 0 fully saturated rings. The van der Waals surface area contributed by atoms with Crippen LogP contribution in [0, 0.1) is 11.3 Å². The molecule has 1 unspecified atom stereocenters. The van der Waals surface area contributed by atoms with Gasteiger partial charge in [0, 0.05) is 34.7 Å². The van der Waals surface area contributed by atoms with Crippen LogP contribution >= 0.6 is 15.9 Å². The van der Waals surface area contributed by atoms with E-state index in [4.69, 9.17) is 10.5 Å². The number of rotatable bonds is 3. The largest absolute Gasteiger partial charge is 0.496 e. The Balaban J connectivity index is 2.29. The normalized spacial score (nSPS) is 19.6. The van der Waals surface area contributed by atoms with E-state index >= 15 is 0 Å². The molecule has 1 atom stereocenters. The van der Waals surface area contributed by atoms with Crippen molar-refractivity contribution in [3.63, 3.8) is 0 Å². The molecule has 3 N–H and O–H groups in total. The van der Waals surface area contributed by atoms with E-state index in [-0.39, 0.29) is 23.1 Å². The van der Waals surface area contributed by atoms with Crippen LogP contribution in [0.4, 0.5) is 0 Å². The van der Waals surface area contributed by atoms with E-state index in [0.29, 0.717) is 41.8 Å². The van der Waals surface area contributed by atoms with Crippen LogP contribution < -0.4 is 15.9 Å². The highest BCUT2D eigenvalue weighted by molar-refractivity contribution is 9.10. The van der Waals surface area contributed by atoms with E-state index in [2.05, 4.69) is 27.4 Å². The minimum atomic E-state index is -0.643. The molecule has 1 aromatic carbocycles. The summed E-state index contributed by atoms with van der Waals surface area (Å²) in [5.74, 6) is -0.358. The van der Waals surface area contributed by atoms with Gasteiger partial charge in [-0.1, -0.05) is 15.9 Å². The summed E-state index contributed by atoms with van der Waals surface area (Å²) < 4.78 is 6.27. The van der Waals surface area contributed by atoms with Crippen LogP contribution in [0.3, 0.4) is 0 Å². The number of ether oxygens (including phenoxy) is 1. The summed E-state index contributed by atoms with van der Waals surface area (Å²) in [6.45, 7) is 1.35. The number of halogens is 1. The third-order valence-corrected chi connectivity index (χ3v) is 5.18. The van der Waals surface area contributed by atoms with Crippen LogP contribution in [0.5, 0.6) is 5.75 Å². The fraction of sp³-hybridized carbons (Fsp3) is 0.316. The predicted octanol–water partition coefficient (Wildman–Crippen LogP) is 2.61. The van der Waals surface area contributed by atoms with Gasteiger partial charge in [0.25, 0.3) is 0 Å². The van der Waals surface area contributed by atoms with E-state index in [0.717, 1.165) is 4.47 Å². The fourth-order valence-corrected chi connectivity index (χ4v) is 3.99. The van der Waals surface area contributed by atoms with E-state index in [1.165, 1.54) is 19.0 Å². The summed E-state index contributed by atoms with van der Waals surface area (Å²) in [5, 5.41) is 11.2. The number of carbonyl (C=O) groups is 2. The van der Waals surface area contributed by atoms with Crippen LogP contribution in [0.15, 0.2) is 45.3 Å². The molecule has 1 amide bonds. The highest BCUT2D eigenvalue weighted by Gasteiger charge is 2.41. The zero-order chi connectivity index (χ0) is 19.7. The Morgan fingerprint density at radius 3 is 2.81 bits per heavy atom. The monoisotopic (exact) mass is 430 g/mol. The van der Waals surface area contributed by atoms with Crippen LogP contribution in [-0.4, -0.2) is 23.8 Å². The number of nitriles is 1. The lowest BCUT2D eigenvalue weighted by Gasteiger charge is -2.39. The number of Topliss-reactive ketones (excluding diaryl/α,β-unsaturated/α-hetero) is 1. The second-order valence-corrected chi connectivity index (χ2v) is 7.29. The first-order valence-electron chi connectivity index (χ1n) is 8.45. The summed E-state index contributed by atoms with van der Waals surface area (Å²) in [6.07, 6.45) is 1.62. The first-order valence-corrected chi connectivity index (χ1v) is 9.25. The maximum Gasteiger partial charge on any atom is 0.235 e. The minimum absolute atomic E-state index is 0.0566. The highest BCUT2D eigenvalue weighted by Crippen LogP contribution is 2.46. The molecule has 8 heteroatoms. The summed E-state index contributed by atoms with van der Waals surface area (Å²) in [5.41, 5.74) is 10.9. The third-order valence-electron chi connectivity index (χ3n) is 4.69. The molecule has 0 spiro atoms. The van der Waals surface area contributed by atoms with Gasteiger partial charge in [0.05, 0.1) is 24.7 Å². The Bertz CT molecular complexity index is 929. The zero-order valence-electron chi connectivity index (χ0n) is 15.0. The Morgan fingerprint density at radius 2 is 2.19 bits per heavy atom. The molecule has 0 saturated carbocycles. The Morgan fingerprint density at radius 1 is 1.44 bits per heavy atom. The number of carbonyl (C=O) groups excluding carboxylic acids is 2. The number of nitrogens with one attached hydrogen (secondary N) is 1. The van der Waals surface area contributed by atoms with E-state index in [1.807, 2.05) is 12.1 Å². The second kappa shape index (κ2) is 7.45. The van der Waals surface area contributed by atoms with Gasteiger partial charge in [0.15, 0.2) is 5.78 Å². The molecule has 140 valence electrons. The van der Waals surface area contributed by atoms with Gasteiger partial charge < -0.3 is 10.5 Å². The smallest absolute Gasteiger partial charge is 0.235 e. The molecule has 1 heterocycles. The number of nitrogens with two attached hydrogens (primary N) is 1. The third kappa shape index (κ3) is 3.30. The first kappa shape index (κ1) is 19.0. The van der Waals surface area contributed by atoms with Crippen molar-refractivity contribution in [3.05, 3.63) is 50.9 Å². The maximum atomic E-state index is 12.9. The van der Waals surface area contributed by atoms with Crippen molar-refractivity contribution in [1.82, 2.24) is 10.4 Å². The molecule has 7 nitrogen and oxygen atoms in total. The van der Waals surface area contributed by atoms with Crippen molar-refractivity contribution < 1.29 is 14.3 Å². The number of hydrogen-bond acceptors (Lipinski definition) is 6. The molecule has 1 aliphatic carbocycles. The molecule has 3 rings (SSSR count). The summed E-state index contributed by atoms with van der Waals surface area (Å²) in [4.78, 5) is 24.5. The standard InChI is InChI=1S/C19H19BrN4O3/c1-10(25)23-24-14-4-3-5-15(26)18(14)17(13(9-21)19(24)22)12-8-11(20)6-7-16(12)27-2/h6-8,17H,3-5,22H2,1-2H3,(H,23,25). The number of hydrogen-bond donors (Lipinski definition) is 2. The van der Waals surface area contributed by atoms with Crippen molar-refractivity contribution in [2.75, 3.05) is 7.11 Å². The average molecular weight is 431 g/mol. The van der Waals surface area contributed by atoms with Gasteiger partial charge in [-0.2, -0.15) is 5.26 Å². The Kier molecular flexibility index (Phi) is 5.24. The molecular formula is C19H19BrN4O3. The van der Waals surface area contributed by atoms with Crippen LogP contribution in [0.2, 0.25) is 0 Å². The van der Waals surface area contributed by atoms with E-state index < -0.39 is 5.92 Å². The maximum absolute atomic E-state index is 12.9. The number of benzene rings is 1. The number of ketones is 1. The lowest BCUT2D eigenvalue weighted by Crippen LogP contribution is -2.47. The minimum Gasteiger partial charge on any atom is -0.496 e. The Hall–Kier alpha value is -2.79. The van der Waals surface area contributed by atoms with Gasteiger partial charge in [-0.15, -0.1) is 0 Å². The van der Waals surface area contributed by atoms with E-state index in [9.17, 15) is 14.9 Å². The lowest BCUT2D eigenvalue weighted by atomic mass is 9.76. The lowest BCUT2D eigenvalue weighted by molar-refractivity contribution is -0.123. The summed E-state index contributed by atoms with van der Waals surface area (Å²) >= 11 is 3.44. The topological polar surface area (TPSA) is 108 Å². The number of methoxy groups -OCH3 is 1. The number of hydrazine groups is 1. The quantitative estimate of drug-likeness (QED) is 0.762. The van der Waals surface area contributed by atoms with Gasteiger partial charge in [-0.3, -0.25) is 15.0 Å². The first-order chi connectivity index (χ1) is 12.9. The summed E-state index contributed by atoms with van der Waals surface area (Å²) in [7, 11) is 1.54. The van der Waals surface area contributed by atoms with Crippen molar-refractivity contribution in [1.29, 1.82) is 5.26 Å². The van der Waals surface area contributed by atoms with Crippen molar-refractivity contribution >= 4 is 27.6 Å². The number of amides is 1. The molecule has 0 radical (unpaired) electrons. The van der Waals surface area contributed by atoms with Crippen molar-refractivity contribution in [2.45, 2.75) is 32.1 Å². The number of allylic oxidation sites excluding steroid dienone is 3. The summed E-state index contributed by atoms with van der Waals surface area (Å²) in [6, 6.07) is 7.56. The molecule has 1 aliphatic heterocycles. The molecule has 1 aromatic rings. The van der Waals surface area contributed by atoms with Gasteiger partial charge in [0.2, 0.25) is 5.91 Å². The molecular weight excluding hydrogens is 412 g/mol. The molecule has 0 bridgehead atoms. The van der Waals surface area contributed by atoms with Gasteiger partial charge in [0.1, 0.15) is 11.6 Å². The Labute approximate surface area is 165 Å². The average Bonchev–Trinajstić information content (AvgIpc) is 2.63. The van der Waals surface area contributed by atoms with Crippen LogP contribution in [0.25, 0.3) is 0 Å². The van der Waals surface area contributed by atoms with Crippen LogP contribution in [0.1, 0.15) is 37.7 Å². The van der Waals surface area contributed by atoms with Gasteiger partial charge in [-0.05, 0) is 31.0 Å². The molecule has 0 aromatic heterocycles. The van der Waals surface area contributed by atoms with Crippen molar-refractivity contribution in [2.24, 2.45) is 5.73 Å². The zero-order valence-corrected chi connectivity index (χ0v) is 16.6. The SMILES string of the molecule is COc1ccc(Br)cc1C1C(C#N)=C(N)N(NC(C)=O)C2=C1C(=O)CCC2. The van der Waals surface area contributed by atoms with E-state index in [1.54, 1.807) is 6.07 Å². The van der Waals surface area contributed by atoms with Gasteiger partial charge >= 0.3 is 0 Å². The van der Waals surface area contributed by atoms with Crippen LogP contribution in [-0.2, 0) is 9.59 Å². The van der Waals surface area contributed by atoms with Gasteiger partial charge in [-0.25, -0.2) is 5.01 Å². The van der Waals surface area contributed by atoms with Crippen molar-refractivity contribution in [3.8, 4) is 11.8 Å². The molecule has 0 saturated heterocycles. The predicted molar refractivity (Wildman–Crippen MR) is 102 cm³/mol. The number of nitrogens with zero attached hydrogens (tertiary/aromatic N) is 2. The second-order valence-electron chi connectivity index (χ2n) is 6.37. The molecule has 2 aliphatic rings. The molecule has 27 heavy (non-hydrogen) atoms. The highest BCUT2D eigenvalue weighted by atomic mass is 79.9. The fourth-order valence-electron chi connectivity index (χ4n) is 3.61.